The van der Waals surface area contributed by atoms with E-state index in [-0.39, 0.29) is 11.6 Å². The van der Waals surface area contributed by atoms with Crippen LogP contribution in [-0.4, -0.2) is 5.78 Å². The van der Waals surface area contributed by atoms with Gasteiger partial charge in [0.25, 0.3) is 0 Å². The number of rotatable bonds is 3. The first-order valence-corrected chi connectivity index (χ1v) is 6.54. The molecule has 0 amide bonds. The fraction of sp³-hybridized carbons (Fsp3) is 0. The van der Waals surface area contributed by atoms with Crippen molar-refractivity contribution in [3.8, 4) is 0 Å². The monoisotopic (exact) mass is 310 g/mol. The van der Waals surface area contributed by atoms with Crippen LogP contribution in [0.3, 0.4) is 0 Å². The summed E-state index contributed by atoms with van der Waals surface area (Å²) in [7, 11) is 0. The van der Waals surface area contributed by atoms with E-state index in [1.165, 1.54) is 30.3 Å². The number of hydrogen-bond acceptors (Lipinski definition) is 2. The molecule has 1 aromatic heterocycles. The molecule has 0 atom stereocenters. The predicted molar refractivity (Wildman–Crippen MR) is 71.8 cm³/mol. The number of benzene rings is 1. The summed E-state index contributed by atoms with van der Waals surface area (Å²) in [6.07, 6.45) is 3.24. The van der Waals surface area contributed by atoms with Gasteiger partial charge in [0.15, 0.2) is 5.78 Å². The van der Waals surface area contributed by atoms with Crippen molar-refractivity contribution < 1.29 is 9.18 Å². The van der Waals surface area contributed by atoms with Gasteiger partial charge >= 0.3 is 0 Å². The second-order valence-corrected chi connectivity index (χ2v) is 5.23. The Kier molecular flexibility index (Phi) is 3.86. The number of thiophene rings is 1. The Balaban J connectivity index is 2.11. The second kappa shape index (κ2) is 5.38. The van der Waals surface area contributed by atoms with Gasteiger partial charge in [-0.1, -0.05) is 0 Å². The van der Waals surface area contributed by atoms with Crippen molar-refractivity contribution >= 4 is 39.1 Å². The van der Waals surface area contributed by atoms with Crippen LogP contribution in [-0.2, 0) is 0 Å². The fourth-order valence-electron chi connectivity index (χ4n) is 1.28. The summed E-state index contributed by atoms with van der Waals surface area (Å²) in [6, 6.07) is 7.45. The Morgan fingerprint density at radius 3 is 2.59 bits per heavy atom. The summed E-state index contributed by atoms with van der Waals surface area (Å²) in [5.41, 5.74) is 0.485. The van der Waals surface area contributed by atoms with Gasteiger partial charge in [-0.15, -0.1) is 11.3 Å². The Morgan fingerprint density at radius 2 is 2.00 bits per heavy atom. The van der Waals surface area contributed by atoms with Gasteiger partial charge in [-0.3, -0.25) is 4.79 Å². The molecular weight excluding hydrogens is 303 g/mol. The highest BCUT2D eigenvalue weighted by Gasteiger charge is 2.01. The van der Waals surface area contributed by atoms with E-state index >= 15 is 0 Å². The molecule has 0 bridgehead atoms. The first-order chi connectivity index (χ1) is 8.15. The van der Waals surface area contributed by atoms with Gasteiger partial charge in [0.1, 0.15) is 5.82 Å². The van der Waals surface area contributed by atoms with Crippen LogP contribution in [0.25, 0.3) is 6.08 Å². The SMILES string of the molecule is O=C(/C=C/c1cc(Br)cs1)c1ccc(F)cc1. The van der Waals surface area contributed by atoms with Crippen molar-refractivity contribution in [2.45, 2.75) is 0 Å². The summed E-state index contributed by atoms with van der Waals surface area (Å²) in [5.74, 6) is -0.470. The lowest BCUT2D eigenvalue weighted by molar-refractivity contribution is 0.104. The molecular formula is C13H8BrFOS. The minimum atomic E-state index is -0.340. The van der Waals surface area contributed by atoms with E-state index in [0.717, 1.165) is 9.35 Å². The quantitative estimate of drug-likeness (QED) is 0.600. The van der Waals surface area contributed by atoms with Crippen molar-refractivity contribution in [2.24, 2.45) is 0 Å². The van der Waals surface area contributed by atoms with Crippen molar-refractivity contribution in [3.05, 3.63) is 62.5 Å². The van der Waals surface area contributed by atoms with Gasteiger partial charge in [0.2, 0.25) is 0 Å². The number of halogens is 2. The Bertz CT molecular complexity index is 557. The first-order valence-electron chi connectivity index (χ1n) is 4.87. The molecule has 0 radical (unpaired) electrons. The fourth-order valence-corrected chi connectivity index (χ4v) is 2.62. The van der Waals surface area contributed by atoms with E-state index < -0.39 is 0 Å². The third kappa shape index (κ3) is 3.35. The maximum atomic E-state index is 12.7. The standard InChI is InChI=1S/C13H8BrFOS/c14-10-7-12(17-8-10)5-6-13(16)9-1-3-11(15)4-2-9/h1-8H/b6-5+. The average molecular weight is 311 g/mol. The second-order valence-electron chi connectivity index (χ2n) is 3.37. The highest BCUT2D eigenvalue weighted by molar-refractivity contribution is 9.10. The summed E-state index contributed by atoms with van der Waals surface area (Å²) in [5, 5.41) is 1.95. The van der Waals surface area contributed by atoms with E-state index in [4.69, 9.17) is 0 Å². The number of hydrogen-bond donors (Lipinski definition) is 0. The van der Waals surface area contributed by atoms with Gasteiger partial charge < -0.3 is 0 Å². The maximum Gasteiger partial charge on any atom is 0.185 e. The number of allylic oxidation sites excluding steroid dienone is 1. The third-order valence-corrected chi connectivity index (χ3v) is 3.77. The summed E-state index contributed by atoms with van der Waals surface area (Å²) >= 11 is 4.89. The average Bonchev–Trinajstić information content (AvgIpc) is 2.73. The molecule has 0 aliphatic carbocycles. The Morgan fingerprint density at radius 1 is 1.29 bits per heavy atom. The van der Waals surface area contributed by atoms with E-state index in [1.54, 1.807) is 17.4 Å². The van der Waals surface area contributed by atoms with Crippen LogP contribution < -0.4 is 0 Å². The summed E-state index contributed by atoms with van der Waals surface area (Å²) in [4.78, 5) is 12.7. The zero-order chi connectivity index (χ0) is 12.3. The van der Waals surface area contributed by atoms with E-state index in [9.17, 15) is 9.18 Å². The number of carbonyl (C=O) groups excluding carboxylic acids is 1. The molecule has 0 aliphatic rings. The molecule has 0 fully saturated rings. The largest absolute Gasteiger partial charge is 0.289 e. The van der Waals surface area contributed by atoms with Gasteiger partial charge in [-0.2, -0.15) is 0 Å². The van der Waals surface area contributed by atoms with Crippen molar-refractivity contribution in [2.75, 3.05) is 0 Å². The number of ketones is 1. The molecule has 1 aromatic carbocycles. The molecule has 1 heterocycles. The van der Waals surface area contributed by atoms with Crippen LogP contribution in [0.1, 0.15) is 15.2 Å². The lowest BCUT2D eigenvalue weighted by atomic mass is 10.1. The summed E-state index contributed by atoms with van der Waals surface area (Å²) in [6.45, 7) is 0. The minimum absolute atomic E-state index is 0.130. The highest BCUT2D eigenvalue weighted by Crippen LogP contribution is 2.21. The minimum Gasteiger partial charge on any atom is -0.289 e. The van der Waals surface area contributed by atoms with Gasteiger partial charge in [0, 0.05) is 20.3 Å². The molecule has 0 aliphatic heterocycles. The summed E-state index contributed by atoms with van der Waals surface area (Å²) < 4.78 is 13.7. The Hall–Kier alpha value is -1.26. The molecule has 2 rings (SSSR count). The highest BCUT2D eigenvalue weighted by atomic mass is 79.9. The zero-order valence-electron chi connectivity index (χ0n) is 8.69. The molecule has 0 unspecified atom stereocenters. The van der Waals surface area contributed by atoms with Crippen molar-refractivity contribution in [1.82, 2.24) is 0 Å². The molecule has 0 spiro atoms. The van der Waals surface area contributed by atoms with Gasteiger partial charge in [0.05, 0.1) is 0 Å². The lowest BCUT2D eigenvalue weighted by Gasteiger charge is -1.94. The smallest absolute Gasteiger partial charge is 0.185 e. The van der Waals surface area contributed by atoms with E-state index in [1.807, 2.05) is 11.4 Å². The van der Waals surface area contributed by atoms with Crippen LogP contribution in [0.2, 0.25) is 0 Å². The van der Waals surface area contributed by atoms with Crippen LogP contribution in [0.15, 0.2) is 46.3 Å². The van der Waals surface area contributed by atoms with Crippen LogP contribution in [0, 0.1) is 5.82 Å². The molecule has 0 saturated carbocycles. The van der Waals surface area contributed by atoms with E-state index in [0.29, 0.717) is 5.56 Å². The van der Waals surface area contributed by atoms with Crippen molar-refractivity contribution in [1.29, 1.82) is 0 Å². The van der Waals surface area contributed by atoms with E-state index in [2.05, 4.69) is 15.9 Å². The van der Waals surface area contributed by atoms with Gasteiger partial charge in [-0.05, 0) is 58.4 Å². The molecule has 0 saturated heterocycles. The molecule has 2 aromatic rings. The Labute approximate surface area is 111 Å². The molecule has 0 N–H and O–H groups in total. The molecule has 4 heteroatoms. The normalized spacial score (nSPS) is 10.9. The molecule has 1 nitrogen and oxygen atoms in total. The van der Waals surface area contributed by atoms with Crippen LogP contribution >= 0.6 is 27.3 Å². The first kappa shape index (κ1) is 12.2. The van der Waals surface area contributed by atoms with Gasteiger partial charge in [-0.25, -0.2) is 4.39 Å². The molecule has 17 heavy (non-hydrogen) atoms. The lowest BCUT2D eigenvalue weighted by Crippen LogP contribution is -1.93. The number of carbonyl (C=O) groups is 1. The predicted octanol–water partition coefficient (Wildman–Crippen LogP) is 4.55. The van der Waals surface area contributed by atoms with Crippen LogP contribution in [0.5, 0.6) is 0 Å². The maximum absolute atomic E-state index is 12.7. The molecule has 86 valence electrons. The van der Waals surface area contributed by atoms with Crippen LogP contribution in [0.4, 0.5) is 4.39 Å². The third-order valence-electron chi connectivity index (χ3n) is 2.12. The van der Waals surface area contributed by atoms with Crippen molar-refractivity contribution in [3.63, 3.8) is 0 Å². The topological polar surface area (TPSA) is 17.1 Å². The zero-order valence-corrected chi connectivity index (χ0v) is 11.1.